The van der Waals surface area contributed by atoms with Crippen LogP contribution in [0.5, 0.6) is 0 Å². The van der Waals surface area contributed by atoms with E-state index < -0.39 is 0 Å². The van der Waals surface area contributed by atoms with Crippen LogP contribution in [0.4, 0.5) is 0 Å². The fourth-order valence-corrected chi connectivity index (χ4v) is 5.50. The van der Waals surface area contributed by atoms with Crippen LogP contribution in [0.3, 0.4) is 0 Å². The van der Waals surface area contributed by atoms with Crippen LogP contribution in [0.2, 0.25) is 17.1 Å². The number of hydrogen-bond acceptors (Lipinski definition) is 0. The zero-order valence-electron chi connectivity index (χ0n) is 11.6. The highest BCUT2D eigenvalue weighted by Gasteiger charge is 2.18. The van der Waals surface area contributed by atoms with Crippen molar-refractivity contribution in [3.8, 4) is 0 Å². The lowest BCUT2D eigenvalue weighted by atomic mass is 10.1. The molecule has 0 bridgehead atoms. The van der Waals surface area contributed by atoms with E-state index in [1.165, 1.54) is 38.5 Å². The average Bonchev–Trinajstić information content (AvgIpc) is 2.15. The van der Waals surface area contributed by atoms with Crippen molar-refractivity contribution in [3.05, 3.63) is 0 Å². The van der Waals surface area contributed by atoms with Gasteiger partial charge in [-0.25, -0.2) is 0 Å². The van der Waals surface area contributed by atoms with E-state index in [2.05, 4.69) is 34.6 Å². The maximum atomic E-state index is 2.42. The van der Waals surface area contributed by atoms with Crippen molar-refractivity contribution >= 4 is 8.80 Å². The van der Waals surface area contributed by atoms with Crippen LogP contribution in [0.25, 0.3) is 0 Å². The Balaban J connectivity index is 3.46. The highest BCUT2D eigenvalue weighted by atomic mass is 28.3. The predicted octanol–water partition coefficient (Wildman–Crippen LogP) is 5.66. The third kappa shape index (κ3) is 8.07. The molecule has 0 atom stereocenters. The van der Waals surface area contributed by atoms with E-state index in [1.54, 1.807) is 6.04 Å². The molecule has 0 fully saturated rings. The van der Waals surface area contributed by atoms with Crippen LogP contribution in [-0.2, 0) is 0 Å². The topological polar surface area (TPSA) is 0 Å². The van der Waals surface area contributed by atoms with E-state index in [0.717, 1.165) is 11.1 Å². The minimum atomic E-state index is -0.0712. The van der Waals surface area contributed by atoms with Gasteiger partial charge >= 0.3 is 0 Å². The normalized spacial score (nSPS) is 12.0. The van der Waals surface area contributed by atoms with Crippen LogP contribution in [0.1, 0.15) is 73.1 Å². The molecule has 0 saturated carbocycles. The van der Waals surface area contributed by atoms with Crippen molar-refractivity contribution in [3.63, 3.8) is 0 Å². The summed E-state index contributed by atoms with van der Waals surface area (Å²) in [5.41, 5.74) is 1.93. The van der Waals surface area contributed by atoms with Crippen LogP contribution in [-0.4, -0.2) is 8.80 Å². The van der Waals surface area contributed by atoms with Gasteiger partial charge in [0.2, 0.25) is 0 Å². The Hall–Kier alpha value is 0.217. The zero-order chi connectivity index (χ0) is 11.7. The lowest BCUT2D eigenvalue weighted by molar-refractivity contribution is 0.621. The molecule has 0 aliphatic heterocycles. The van der Waals surface area contributed by atoms with Crippen molar-refractivity contribution in [2.24, 2.45) is 0 Å². The molecule has 0 saturated heterocycles. The summed E-state index contributed by atoms with van der Waals surface area (Å²) >= 11 is 0. The Labute approximate surface area is 99.5 Å². The van der Waals surface area contributed by atoms with Gasteiger partial charge in [0.15, 0.2) is 0 Å². The quantitative estimate of drug-likeness (QED) is 0.352. The van der Waals surface area contributed by atoms with Gasteiger partial charge in [0.25, 0.3) is 0 Å². The molecule has 1 heteroatoms. The largest absolute Gasteiger partial charge is 0.0654 e. The molecule has 91 valence electrons. The van der Waals surface area contributed by atoms with Crippen molar-refractivity contribution in [1.82, 2.24) is 0 Å². The third-order valence-electron chi connectivity index (χ3n) is 3.30. The first-order chi connectivity index (χ1) is 7.09. The van der Waals surface area contributed by atoms with Crippen molar-refractivity contribution in [2.75, 3.05) is 0 Å². The second-order valence-corrected chi connectivity index (χ2v) is 9.36. The van der Waals surface area contributed by atoms with Crippen LogP contribution >= 0.6 is 0 Å². The Kier molecular flexibility index (Phi) is 9.58. The highest BCUT2D eigenvalue weighted by molar-refractivity contribution is 6.61. The van der Waals surface area contributed by atoms with Gasteiger partial charge in [-0.3, -0.25) is 0 Å². The van der Waals surface area contributed by atoms with E-state index in [1.807, 2.05) is 0 Å². The Morgan fingerprint density at radius 3 is 1.67 bits per heavy atom. The number of rotatable bonds is 9. The lowest BCUT2D eigenvalue weighted by Gasteiger charge is -2.22. The van der Waals surface area contributed by atoms with E-state index >= 15 is 0 Å². The van der Waals surface area contributed by atoms with E-state index in [0.29, 0.717) is 0 Å². The molecule has 0 rings (SSSR count). The monoisotopic (exact) mass is 227 g/mol. The summed E-state index contributed by atoms with van der Waals surface area (Å²) in [6.45, 7) is 12.0. The van der Waals surface area contributed by atoms with Crippen molar-refractivity contribution in [1.29, 1.82) is 0 Å². The van der Waals surface area contributed by atoms with Crippen LogP contribution in [0.15, 0.2) is 0 Å². The Morgan fingerprint density at radius 2 is 1.20 bits per heavy atom. The number of hydrogen-bond donors (Lipinski definition) is 0. The fraction of sp³-hybridized carbons (Fsp3) is 1.00. The standard InChI is InChI=1S/C14H31Si/c1-6-7-8-9-10-11-12-15(13(2)3)14(4)5/h13-14H,6-12H2,1-5H3. The molecule has 0 N–H and O–H groups in total. The molecule has 0 aromatic rings. The third-order valence-corrected chi connectivity index (χ3v) is 7.20. The molecule has 1 radical (unpaired) electrons. The van der Waals surface area contributed by atoms with Gasteiger partial charge in [-0.05, 0) is 0 Å². The van der Waals surface area contributed by atoms with E-state index in [9.17, 15) is 0 Å². The molecule has 0 amide bonds. The molecule has 0 aliphatic rings. The maximum Gasteiger partial charge on any atom is 0.0534 e. The van der Waals surface area contributed by atoms with Gasteiger partial charge in [-0.15, -0.1) is 0 Å². The van der Waals surface area contributed by atoms with Crippen LogP contribution in [0, 0.1) is 0 Å². The van der Waals surface area contributed by atoms with Gasteiger partial charge in [0, 0.05) is 0 Å². The van der Waals surface area contributed by atoms with Gasteiger partial charge in [-0.1, -0.05) is 90.3 Å². The van der Waals surface area contributed by atoms with Crippen molar-refractivity contribution in [2.45, 2.75) is 90.3 Å². The Morgan fingerprint density at radius 1 is 0.733 bits per heavy atom. The summed E-state index contributed by atoms with van der Waals surface area (Å²) in [6, 6.07) is 1.55. The summed E-state index contributed by atoms with van der Waals surface area (Å²) in [5.74, 6) is 0. The molecule has 0 aliphatic carbocycles. The first kappa shape index (κ1) is 15.2. The summed E-state index contributed by atoms with van der Waals surface area (Å²) in [6.07, 6.45) is 8.71. The number of unbranched alkanes of at least 4 members (excludes halogenated alkanes) is 5. The summed E-state index contributed by atoms with van der Waals surface area (Å²) in [5, 5.41) is 0. The van der Waals surface area contributed by atoms with Crippen LogP contribution < -0.4 is 0 Å². The fourth-order valence-electron chi connectivity index (χ4n) is 2.35. The molecule has 0 aromatic heterocycles. The second kappa shape index (κ2) is 9.44. The van der Waals surface area contributed by atoms with Gasteiger partial charge < -0.3 is 0 Å². The summed E-state index contributed by atoms with van der Waals surface area (Å²) in [7, 11) is -0.0712. The van der Waals surface area contributed by atoms with E-state index in [-0.39, 0.29) is 8.80 Å². The molecule has 0 spiro atoms. The molecule has 0 aromatic carbocycles. The lowest BCUT2D eigenvalue weighted by Crippen LogP contribution is -2.20. The highest BCUT2D eigenvalue weighted by Crippen LogP contribution is 2.25. The SMILES string of the molecule is CCCCCCCC[Si](C(C)C)C(C)C. The van der Waals surface area contributed by atoms with Crippen molar-refractivity contribution < 1.29 is 0 Å². The molecule has 15 heavy (non-hydrogen) atoms. The maximum absolute atomic E-state index is 2.42. The molecular formula is C14H31Si. The average molecular weight is 227 g/mol. The summed E-state index contributed by atoms with van der Waals surface area (Å²) < 4.78 is 0. The minimum absolute atomic E-state index is 0.0712. The van der Waals surface area contributed by atoms with Gasteiger partial charge in [0.1, 0.15) is 0 Å². The first-order valence-corrected chi connectivity index (χ1v) is 8.81. The summed E-state index contributed by atoms with van der Waals surface area (Å²) in [4.78, 5) is 0. The molecule has 0 unspecified atom stereocenters. The second-order valence-electron chi connectivity index (χ2n) is 5.40. The predicted molar refractivity (Wildman–Crippen MR) is 74.1 cm³/mol. The molecule has 0 nitrogen and oxygen atoms in total. The smallest absolute Gasteiger partial charge is 0.0534 e. The first-order valence-electron chi connectivity index (χ1n) is 6.95. The minimum Gasteiger partial charge on any atom is -0.0654 e. The van der Waals surface area contributed by atoms with E-state index in [4.69, 9.17) is 0 Å². The molecular weight excluding hydrogens is 196 g/mol. The zero-order valence-corrected chi connectivity index (χ0v) is 12.6. The van der Waals surface area contributed by atoms with Gasteiger partial charge in [-0.2, -0.15) is 0 Å². The Bertz CT molecular complexity index is 121. The van der Waals surface area contributed by atoms with Gasteiger partial charge in [0.05, 0.1) is 8.80 Å². The molecule has 0 heterocycles.